The van der Waals surface area contributed by atoms with Crippen molar-refractivity contribution >= 4 is 40.4 Å². The van der Waals surface area contributed by atoms with Crippen LogP contribution in [0.5, 0.6) is 11.8 Å². The van der Waals surface area contributed by atoms with Crippen LogP contribution in [-0.2, 0) is 6.54 Å². The van der Waals surface area contributed by atoms with Crippen LogP contribution in [0.2, 0.25) is 10.0 Å². The second-order valence-electron chi connectivity index (χ2n) is 9.17. The number of anilines is 2. The van der Waals surface area contributed by atoms with Gasteiger partial charge >= 0.3 is 11.8 Å². The van der Waals surface area contributed by atoms with Gasteiger partial charge in [0.15, 0.2) is 5.60 Å². The zero-order valence-corrected chi connectivity index (χ0v) is 20.6. The Morgan fingerprint density at radius 1 is 1.20 bits per heavy atom. The van der Waals surface area contributed by atoms with Gasteiger partial charge < -0.3 is 29.8 Å². The molecule has 3 aromatic rings. The number of ether oxygens (including phenoxy) is 2. The Morgan fingerprint density at radius 2 is 1.89 bits per heavy atom. The van der Waals surface area contributed by atoms with Crippen LogP contribution in [-0.4, -0.2) is 45.8 Å². The molecule has 0 spiro atoms. The lowest BCUT2D eigenvalue weighted by Gasteiger charge is -2.34. The molecular weight excluding hydrogens is 493 g/mol. The highest BCUT2D eigenvalue weighted by molar-refractivity contribution is 6.35. The molecule has 1 atom stereocenters. The molecule has 0 radical (unpaired) electrons. The predicted molar refractivity (Wildman–Crippen MR) is 135 cm³/mol. The number of benzene rings is 2. The van der Waals surface area contributed by atoms with Gasteiger partial charge in [-0.1, -0.05) is 23.2 Å². The van der Waals surface area contributed by atoms with Gasteiger partial charge in [0.1, 0.15) is 18.6 Å². The maximum atomic E-state index is 10.9. The van der Waals surface area contributed by atoms with Gasteiger partial charge in [0.05, 0.1) is 6.54 Å². The minimum Gasteiger partial charge on any atom is -0.489 e. The van der Waals surface area contributed by atoms with E-state index in [2.05, 4.69) is 27.3 Å². The third-order valence-corrected chi connectivity index (χ3v) is 6.67. The molecule has 0 aliphatic carbocycles. The van der Waals surface area contributed by atoms with Crippen molar-refractivity contribution in [3.8, 4) is 11.8 Å². The fraction of sp³-hybridized carbons (Fsp3) is 0.375. The number of hydrogen-bond acceptors (Lipinski definition) is 7. The molecule has 2 aliphatic heterocycles. The highest BCUT2D eigenvalue weighted by atomic mass is 35.5. The summed E-state index contributed by atoms with van der Waals surface area (Å²) in [6, 6.07) is 14.2. The Balaban J connectivity index is 1.11. The molecule has 5 rings (SSSR count). The van der Waals surface area contributed by atoms with Crippen LogP contribution in [0, 0.1) is 10.1 Å². The first-order valence-electron chi connectivity index (χ1n) is 11.4. The summed E-state index contributed by atoms with van der Waals surface area (Å²) >= 11 is 12.2. The van der Waals surface area contributed by atoms with E-state index < -0.39 is 10.5 Å². The molecule has 9 nitrogen and oxygen atoms in total. The molecule has 1 N–H and O–H groups in total. The van der Waals surface area contributed by atoms with E-state index in [1.165, 1.54) is 6.20 Å². The number of piperidine rings is 1. The van der Waals surface area contributed by atoms with E-state index in [-0.39, 0.29) is 11.8 Å². The number of hydrogen-bond donors (Lipinski definition) is 1. The van der Waals surface area contributed by atoms with E-state index in [0.29, 0.717) is 29.2 Å². The van der Waals surface area contributed by atoms with Gasteiger partial charge in [-0.05, 0) is 67.2 Å². The number of rotatable bonds is 7. The van der Waals surface area contributed by atoms with Crippen LogP contribution >= 0.6 is 23.2 Å². The number of imidazole rings is 1. The molecule has 1 fully saturated rings. The van der Waals surface area contributed by atoms with Gasteiger partial charge in [0.2, 0.25) is 0 Å². The summed E-state index contributed by atoms with van der Waals surface area (Å²) < 4.78 is 13.4. The van der Waals surface area contributed by atoms with E-state index in [1.54, 1.807) is 10.6 Å². The summed E-state index contributed by atoms with van der Waals surface area (Å²) in [5.41, 5.74) is 1.46. The Bertz CT molecular complexity index is 1180. The van der Waals surface area contributed by atoms with Crippen molar-refractivity contribution in [1.29, 1.82) is 0 Å². The highest BCUT2D eigenvalue weighted by Gasteiger charge is 2.41. The summed E-state index contributed by atoms with van der Waals surface area (Å²) in [5.74, 6) is 0.524. The molecule has 0 bridgehead atoms. The fourth-order valence-corrected chi connectivity index (χ4v) is 5.03. The van der Waals surface area contributed by atoms with Gasteiger partial charge in [-0.3, -0.25) is 4.57 Å². The predicted octanol–water partition coefficient (Wildman–Crippen LogP) is 5.41. The maximum Gasteiger partial charge on any atom is 0.415 e. The quantitative estimate of drug-likeness (QED) is 0.330. The number of fused-ring (bicyclic) bond motifs is 1. The van der Waals surface area contributed by atoms with Gasteiger partial charge in [-0.25, -0.2) is 0 Å². The Morgan fingerprint density at radius 3 is 2.51 bits per heavy atom. The topological polar surface area (TPSA) is 94.7 Å². The summed E-state index contributed by atoms with van der Waals surface area (Å²) in [5, 5.41) is 15.7. The van der Waals surface area contributed by atoms with Crippen LogP contribution in [0.4, 0.5) is 17.2 Å². The molecular formula is C24H25Cl2N5O4. The Labute approximate surface area is 212 Å². The van der Waals surface area contributed by atoms with E-state index in [9.17, 15) is 10.1 Å². The summed E-state index contributed by atoms with van der Waals surface area (Å²) in [4.78, 5) is 16.6. The summed E-state index contributed by atoms with van der Waals surface area (Å²) in [7, 11) is 0. The lowest BCUT2D eigenvalue weighted by Crippen LogP contribution is -2.39. The van der Waals surface area contributed by atoms with Crippen molar-refractivity contribution in [2.45, 2.75) is 38.0 Å². The first kappa shape index (κ1) is 23.6. The highest BCUT2D eigenvalue weighted by Crippen LogP contribution is 2.32. The average molecular weight is 518 g/mol. The molecule has 184 valence electrons. The molecule has 1 aromatic heterocycles. The standard InChI is InChI=1S/C24H25Cl2N5O4/c1-24(14-30-13-22(31(32)33)28-23(30)35-24)15-34-21-4-2-20(3-5-21)29-8-6-18(7-9-29)27-19-11-16(25)10-17(26)12-19/h2-5,10-13,18,27H,6-9,14-15H2,1H3/t24-/m1/s1. The second kappa shape index (κ2) is 9.47. The summed E-state index contributed by atoms with van der Waals surface area (Å²) in [6.45, 7) is 4.52. The maximum absolute atomic E-state index is 10.9. The monoisotopic (exact) mass is 517 g/mol. The smallest absolute Gasteiger partial charge is 0.415 e. The van der Waals surface area contributed by atoms with Crippen molar-refractivity contribution in [2.24, 2.45) is 0 Å². The third-order valence-electron chi connectivity index (χ3n) is 6.23. The minimum atomic E-state index is -0.641. The molecule has 2 aromatic carbocycles. The van der Waals surface area contributed by atoms with E-state index >= 15 is 0 Å². The third kappa shape index (κ3) is 5.41. The normalized spacial score (nSPS) is 19.8. The molecule has 2 aliphatic rings. The van der Waals surface area contributed by atoms with Crippen molar-refractivity contribution in [2.75, 3.05) is 29.9 Å². The van der Waals surface area contributed by atoms with E-state index in [1.807, 2.05) is 31.2 Å². The first-order valence-corrected chi connectivity index (χ1v) is 12.1. The number of nitrogens with one attached hydrogen (secondary N) is 1. The molecule has 0 unspecified atom stereocenters. The average Bonchev–Trinajstić information content (AvgIpc) is 3.34. The van der Waals surface area contributed by atoms with Crippen LogP contribution in [0.3, 0.4) is 0 Å². The van der Waals surface area contributed by atoms with E-state index in [0.717, 1.165) is 43.1 Å². The molecule has 0 amide bonds. The summed E-state index contributed by atoms with van der Waals surface area (Å²) in [6.07, 6.45) is 3.40. The number of aromatic nitrogens is 2. The van der Waals surface area contributed by atoms with Gasteiger partial charge in [-0.15, -0.1) is 0 Å². The largest absolute Gasteiger partial charge is 0.489 e. The van der Waals surface area contributed by atoms with Gasteiger partial charge in [0.25, 0.3) is 0 Å². The lowest BCUT2D eigenvalue weighted by molar-refractivity contribution is -0.389. The molecule has 11 heteroatoms. The van der Waals surface area contributed by atoms with Gasteiger partial charge in [0, 0.05) is 45.5 Å². The zero-order valence-electron chi connectivity index (χ0n) is 19.1. The second-order valence-corrected chi connectivity index (χ2v) is 10.0. The van der Waals surface area contributed by atoms with Crippen molar-refractivity contribution in [3.63, 3.8) is 0 Å². The number of nitrogens with zero attached hydrogens (tertiary/aromatic N) is 4. The molecule has 35 heavy (non-hydrogen) atoms. The van der Waals surface area contributed by atoms with Crippen LogP contribution in [0.15, 0.2) is 48.7 Å². The number of halogens is 2. The van der Waals surface area contributed by atoms with Crippen LogP contribution in [0.25, 0.3) is 0 Å². The van der Waals surface area contributed by atoms with E-state index in [4.69, 9.17) is 32.7 Å². The molecule has 3 heterocycles. The van der Waals surface area contributed by atoms with Crippen LogP contribution in [0.1, 0.15) is 19.8 Å². The molecule has 1 saturated heterocycles. The SMILES string of the molecule is C[C@]1(COc2ccc(N3CCC(Nc4cc(Cl)cc(Cl)c4)CC3)cc2)Cn2cc([N+](=O)[O-])nc2O1. The Hall–Kier alpha value is -3.17. The fourth-order valence-electron chi connectivity index (χ4n) is 4.50. The van der Waals surface area contributed by atoms with Crippen LogP contribution < -0.4 is 19.7 Å². The zero-order chi connectivity index (χ0) is 24.6. The van der Waals surface area contributed by atoms with Crippen molar-refractivity contribution in [1.82, 2.24) is 9.55 Å². The first-order chi connectivity index (χ1) is 16.8. The molecule has 0 saturated carbocycles. The minimum absolute atomic E-state index is 0.216. The Kier molecular flexibility index (Phi) is 6.37. The van der Waals surface area contributed by atoms with Crippen molar-refractivity contribution in [3.05, 3.63) is 68.8 Å². The lowest BCUT2D eigenvalue weighted by atomic mass is 10.0. The van der Waals surface area contributed by atoms with Crippen molar-refractivity contribution < 1.29 is 14.4 Å². The number of nitro groups is 1. The van der Waals surface area contributed by atoms with Gasteiger partial charge in [-0.2, -0.15) is 0 Å².